The standard InChI is InChI=1S/C13H23N3O2S/c1-2-10-16(11-5-8-14)19(17,18)12-7-13-6-3-4-9-15-13/h3-4,6,9H,2,5,7-8,10-12,14H2,1H3. The zero-order valence-corrected chi connectivity index (χ0v) is 12.3. The summed E-state index contributed by atoms with van der Waals surface area (Å²) < 4.78 is 26.1. The highest BCUT2D eigenvalue weighted by atomic mass is 32.2. The molecule has 1 aromatic rings. The third-order valence-corrected chi connectivity index (χ3v) is 4.69. The van der Waals surface area contributed by atoms with E-state index in [1.807, 2.05) is 25.1 Å². The summed E-state index contributed by atoms with van der Waals surface area (Å²) in [5, 5.41) is 0. The van der Waals surface area contributed by atoms with Crippen LogP contribution in [0, 0.1) is 0 Å². The van der Waals surface area contributed by atoms with Crippen LogP contribution in [0.3, 0.4) is 0 Å². The van der Waals surface area contributed by atoms with Crippen LogP contribution < -0.4 is 5.73 Å². The average Bonchev–Trinajstić information content (AvgIpc) is 2.42. The summed E-state index contributed by atoms with van der Waals surface area (Å²) in [5.74, 6) is 0.106. The van der Waals surface area contributed by atoms with E-state index in [1.165, 1.54) is 0 Å². The number of aromatic nitrogens is 1. The number of hydrogen-bond acceptors (Lipinski definition) is 4. The first-order chi connectivity index (χ1) is 9.10. The Labute approximate surface area is 115 Å². The molecule has 19 heavy (non-hydrogen) atoms. The summed E-state index contributed by atoms with van der Waals surface area (Å²) >= 11 is 0. The lowest BCUT2D eigenvalue weighted by molar-refractivity contribution is 0.406. The van der Waals surface area contributed by atoms with Crippen LogP contribution in [-0.4, -0.2) is 43.1 Å². The Kier molecular flexibility index (Phi) is 6.97. The van der Waals surface area contributed by atoms with Crippen molar-refractivity contribution in [2.24, 2.45) is 5.73 Å². The van der Waals surface area contributed by atoms with E-state index in [0.717, 1.165) is 12.1 Å². The fourth-order valence-electron chi connectivity index (χ4n) is 1.82. The van der Waals surface area contributed by atoms with Gasteiger partial charge in [0.1, 0.15) is 0 Å². The second kappa shape index (κ2) is 8.24. The van der Waals surface area contributed by atoms with Crippen molar-refractivity contribution in [2.45, 2.75) is 26.2 Å². The predicted molar refractivity (Wildman–Crippen MR) is 77.3 cm³/mol. The van der Waals surface area contributed by atoms with Crippen molar-refractivity contribution in [3.63, 3.8) is 0 Å². The fourth-order valence-corrected chi connectivity index (χ4v) is 3.41. The van der Waals surface area contributed by atoms with Crippen molar-refractivity contribution in [1.29, 1.82) is 0 Å². The highest BCUT2D eigenvalue weighted by molar-refractivity contribution is 7.89. The van der Waals surface area contributed by atoms with E-state index in [2.05, 4.69) is 4.98 Å². The molecule has 0 aromatic carbocycles. The SMILES string of the molecule is CCCN(CCCN)S(=O)(=O)CCc1ccccn1. The van der Waals surface area contributed by atoms with Gasteiger partial charge in [0, 0.05) is 31.4 Å². The molecular formula is C13H23N3O2S. The Morgan fingerprint density at radius 3 is 2.68 bits per heavy atom. The smallest absolute Gasteiger partial charge is 0.214 e. The van der Waals surface area contributed by atoms with Crippen LogP contribution in [-0.2, 0) is 16.4 Å². The summed E-state index contributed by atoms with van der Waals surface area (Å²) in [6, 6.07) is 5.54. The van der Waals surface area contributed by atoms with Crippen LogP contribution in [0.25, 0.3) is 0 Å². The molecule has 0 amide bonds. The molecule has 0 aliphatic heterocycles. The molecule has 5 nitrogen and oxygen atoms in total. The Hall–Kier alpha value is -0.980. The summed E-state index contributed by atoms with van der Waals surface area (Å²) in [7, 11) is -3.22. The minimum absolute atomic E-state index is 0.106. The van der Waals surface area contributed by atoms with Crippen molar-refractivity contribution in [1.82, 2.24) is 9.29 Å². The second-order valence-corrected chi connectivity index (χ2v) is 6.52. The van der Waals surface area contributed by atoms with Crippen LogP contribution >= 0.6 is 0 Å². The zero-order valence-electron chi connectivity index (χ0n) is 11.5. The number of rotatable bonds is 9. The molecule has 0 saturated heterocycles. The first-order valence-electron chi connectivity index (χ1n) is 6.68. The van der Waals surface area contributed by atoms with Crippen molar-refractivity contribution < 1.29 is 8.42 Å². The highest BCUT2D eigenvalue weighted by Gasteiger charge is 2.20. The number of pyridine rings is 1. The maximum Gasteiger partial charge on any atom is 0.214 e. The monoisotopic (exact) mass is 285 g/mol. The molecule has 0 fully saturated rings. The third kappa shape index (κ3) is 5.67. The number of sulfonamides is 1. The van der Waals surface area contributed by atoms with Crippen LogP contribution in [0.1, 0.15) is 25.5 Å². The number of hydrogen-bond donors (Lipinski definition) is 1. The van der Waals surface area contributed by atoms with E-state index in [1.54, 1.807) is 10.5 Å². The van der Waals surface area contributed by atoms with Gasteiger partial charge >= 0.3 is 0 Å². The van der Waals surface area contributed by atoms with Crippen LogP contribution in [0.4, 0.5) is 0 Å². The Bertz CT molecular complexity index is 448. The van der Waals surface area contributed by atoms with Crippen LogP contribution in [0.5, 0.6) is 0 Å². The molecule has 0 bridgehead atoms. The van der Waals surface area contributed by atoms with Gasteiger partial charge in [-0.25, -0.2) is 12.7 Å². The first kappa shape index (κ1) is 16.1. The van der Waals surface area contributed by atoms with Gasteiger partial charge in [0.05, 0.1) is 5.75 Å². The highest BCUT2D eigenvalue weighted by Crippen LogP contribution is 2.07. The molecule has 0 aliphatic rings. The van der Waals surface area contributed by atoms with Crippen molar-refractivity contribution in [3.05, 3.63) is 30.1 Å². The van der Waals surface area contributed by atoms with E-state index >= 15 is 0 Å². The first-order valence-corrected chi connectivity index (χ1v) is 8.29. The van der Waals surface area contributed by atoms with Gasteiger partial charge in [-0.05, 0) is 31.5 Å². The molecule has 0 saturated carbocycles. The Balaban J connectivity index is 2.61. The number of aryl methyl sites for hydroxylation is 1. The van der Waals surface area contributed by atoms with Gasteiger partial charge in [0.15, 0.2) is 0 Å². The van der Waals surface area contributed by atoms with Gasteiger partial charge in [0.25, 0.3) is 0 Å². The molecule has 6 heteroatoms. The number of nitrogens with zero attached hydrogens (tertiary/aromatic N) is 2. The molecule has 0 unspecified atom stereocenters. The lowest BCUT2D eigenvalue weighted by Gasteiger charge is -2.21. The topological polar surface area (TPSA) is 76.3 Å². The summed E-state index contributed by atoms with van der Waals surface area (Å²) in [6.45, 7) is 3.55. The summed E-state index contributed by atoms with van der Waals surface area (Å²) in [6.07, 6.45) is 3.64. The average molecular weight is 285 g/mol. The zero-order chi connectivity index (χ0) is 14.1. The quantitative estimate of drug-likeness (QED) is 0.735. The van der Waals surface area contributed by atoms with E-state index in [0.29, 0.717) is 32.5 Å². The molecule has 0 radical (unpaired) electrons. The molecule has 1 heterocycles. The summed E-state index contributed by atoms with van der Waals surface area (Å²) in [4.78, 5) is 4.15. The molecule has 1 rings (SSSR count). The van der Waals surface area contributed by atoms with Gasteiger partial charge in [-0.15, -0.1) is 0 Å². The maximum absolute atomic E-state index is 12.3. The van der Waals surface area contributed by atoms with Crippen LogP contribution in [0.2, 0.25) is 0 Å². The minimum atomic E-state index is -3.22. The van der Waals surface area contributed by atoms with Gasteiger partial charge in [-0.3, -0.25) is 4.98 Å². The third-order valence-electron chi connectivity index (χ3n) is 2.82. The van der Waals surface area contributed by atoms with Crippen LogP contribution in [0.15, 0.2) is 24.4 Å². The van der Waals surface area contributed by atoms with Crippen molar-refractivity contribution in [3.8, 4) is 0 Å². The van der Waals surface area contributed by atoms with Gasteiger partial charge < -0.3 is 5.73 Å². The van der Waals surface area contributed by atoms with Gasteiger partial charge in [-0.1, -0.05) is 13.0 Å². The molecule has 0 atom stereocenters. The predicted octanol–water partition coefficient (Wildman–Crippen LogP) is 1.01. The van der Waals surface area contributed by atoms with E-state index in [-0.39, 0.29) is 5.75 Å². The van der Waals surface area contributed by atoms with Gasteiger partial charge in [-0.2, -0.15) is 0 Å². The van der Waals surface area contributed by atoms with Gasteiger partial charge in [0.2, 0.25) is 10.0 Å². The summed E-state index contributed by atoms with van der Waals surface area (Å²) in [5.41, 5.74) is 6.26. The Morgan fingerprint density at radius 1 is 1.32 bits per heavy atom. The molecule has 2 N–H and O–H groups in total. The minimum Gasteiger partial charge on any atom is -0.330 e. The fraction of sp³-hybridized carbons (Fsp3) is 0.615. The van der Waals surface area contributed by atoms with Crippen molar-refractivity contribution in [2.75, 3.05) is 25.4 Å². The maximum atomic E-state index is 12.3. The normalized spacial score (nSPS) is 11.9. The lowest BCUT2D eigenvalue weighted by Crippen LogP contribution is -2.36. The van der Waals surface area contributed by atoms with E-state index in [9.17, 15) is 8.42 Å². The van der Waals surface area contributed by atoms with E-state index < -0.39 is 10.0 Å². The van der Waals surface area contributed by atoms with E-state index in [4.69, 9.17) is 5.73 Å². The Morgan fingerprint density at radius 2 is 2.11 bits per heavy atom. The molecule has 0 aliphatic carbocycles. The molecular weight excluding hydrogens is 262 g/mol. The number of nitrogens with two attached hydrogens (primary N) is 1. The molecule has 0 spiro atoms. The molecule has 108 valence electrons. The molecule has 1 aromatic heterocycles. The lowest BCUT2D eigenvalue weighted by atomic mass is 10.3. The second-order valence-electron chi connectivity index (χ2n) is 4.43. The largest absolute Gasteiger partial charge is 0.330 e. The van der Waals surface area contributed by atoms with Crippen molar-refractivity contribution >= 4 is 10.0 Å².